The number of allylic oxidation sites excluding steroid dienone is 1. The predicted molar refractivity (Wildman–Crippen MR) is 150 cm³/mol. The molecule has 7 nitrogen and oxygen atoms in total. The van der Waals surface area contributed by atoms with E-state index in [0.29, 0.717) is 30.0 Å². The number of hydrogen-bond acceptors (Lipinski definition) is 4. The number of rotatable bonds is 6. The maximum Gasteiger partial charge on any atom is 0.416 e. The first-order valence-electron chi connectivity index (χ1n) is 13.9. The molecule has 2 aromatic carbocycles. The van der Waals surface area contributed by atoms with E-state index < -0.39 is 30.0 Å². The van der Waals surface area contributed by atoms with Crippen molar-refractivity contribution in [3.05, 3.63) is 64.2 Å². The minimum absolute atomic E-state index is 0.0110. The Morgan fingerprint density at radius 1 is 1.15 bits per heavy atom. The van der Waals surface area contributed by atoms with E-state index in [0.717, 1.165) is 53.8 Å². The van der Waals surface area contributed by atoms with E-state index in [2.05, 4.69) is 19.2 Å². The molecule has 0 bridgehead atoms. The summed E-state index contributed by atoms with van der Waals surface area (Å²) in [4.78, 5) is 28.9. The molecule has 220 valence electrons. The Hall–Kier alpha value is -3.69. The van der Waals surface area contributed by atoms with Crippen molar-refractivity contribution in [2.75, 3.05) is 31.6 Å². The molecule has 10 heteroatoms. The van der Waals surface area contributed by atoms with E-state index >= 15 is 0 Å². The van der Waals surface area contributed by atoms with Gasteiger partial charge in [-0.2, -0.15) is 13.2 Å². The third-order valence-electron chi connectivity index (χ3n) is 8.36. The molecule has 41 heavy (non-hydrogen) atoms. The van der Waals surface area contributed by atoms with Crippen LogP contribution in [0.2, 0.25) is 0 Å². The van der Waals surface area contributed by atoms with Gasteiger partial charge in [-0.05, 0) is 85.6 Å². The molecule has 3 aliphatic rings. The van der Waals surface area contributed by atoms with Crippen LogP contribution in [-0.2, 0) is 10.9 Å². The minimum atomic E-state index is -4.50. The molecular weight excluding hydrogens is 535 g/mol. The third-order valence-corrected chi connectivity index (χ3v) is 8.36. The molecule has 0 unspecified atom stereocenters. The van der Waals surface area contributed by atoms with E-state index in [1.165, 1.54) is 0 Å². The molecule has 0 saturated carbocycles. The van der Waals surface area contributed by atoms with Gasteiger partial charge in [0, 0.05) is 30.9 Å². The van der Waals surface area contributed by atoms with Crippen LogP contribution in [0.4, 0.5) is 28.4 Å². The van der Waals surface area contributed by atoms with Gasteiger partial charge in [-0.25, -0.2) is 9.59 Å². The van der Waals surface area contributed by atoms with Gasteiger partial charge in [-0.1, -0.05) is 25.5 Å². The number of hydrogen-bond donors (Lipinski definition) is 1. The molecular formula is C31H36F3N3O4. The number of halogens is 3. The molecule has 2 atom stereocenters. The first kappa shape index (κ1) is 28.8. The van der Waals surface area contributed by atoms with E-state index in [9.17, 15) is 22.8 Å². The number of ether oxygens (including phenoxy) is 2. The van der Waals surface area contributed by atoms with Crippen molar-refractivity contribution in [1.82, 2.24) is 10.2 Å². The zero-order chi connectivity index (χ0) is 29.7. The van der Waals surface area contributed by atoms with Crippen molar-refractivity contribution in [3.63, 3.8) is 0 Å². The maximum atomic E-state index is 13.5. The summed E-state index contributed by atoms with van der Waals surface area (Å²) in [5.74, 6) is 0.676. The normalized spacial score (nSPS) is 22.7. The molecule has 2 aliphatic heterocycles. The zero-order valence-electron chi connectivity index (χ0n) is 24.0. The highest BCUT2D eigenvalue weighted by atomic mass is 19.4. The second kappa shape index (κ2) is 10.6. The van der Waals surface area contributed by atoms with E-state index in [4.69, 9.17) is 9.47 Å². The number of aryl methyl sites for hydroxylation is 1. The van der Waals surface area contributed by atoms with Crippen LogP contribution in [0.5, 0.6) is 5.75 Å². The molecule has 2 fully saturated rings. The van der Waals surface area contributed by atoms with Crippen molar-refractivity contribution >= 4 is 23.4 Å². The number of urea groups is 1. The Kier molecular flexibility index (Phi) is 7.46. The lowest BCUT2D eigenvalue weighted by atomic mass is 9.72. The van der Waals surface area contributed by atoms with Gasteiger partial charge in [-0.15, -0.1) is 0 Å². The molecule has 5 rings (SSSR count). The van der Waals surface area contributed by atoms with E-state index in [1.807, 2.05) is 25.1 Å². The van der Waals surface area contributed by atoms with Crippen LogP contribution in [0.25, 0.3) is 5.57 Å². The lowest BCUT2D eigenvalue weighted by molar-refractivity contribution is -0.137. The second-order valence-corrected chi connectivity index (χ2v) is 12.0. The summed E-state index contributed by atoms with van der Waals surface area (Å²) < 4.78 is 52.0. The number of nitrogens with one attached hydrogen (secondary N) is 1. The fourth-order valence-corrected chi connectivity index (χ4v) is 6.21. The van der Waals surface area contributed by atoms with Crippen LogP contribution in [0.3, 0.4) is 0 Å². The van der Waals surface area contributed by atoms with Crippen LogP contribution in [0.15, 0.2) is 42.0 Å². The lowest BCUT2D eigenvalue weighted by Crippen LogP contribution is -2.35. The highest BCUT2D eigenvalue weighted by molar-refractivity contribution is 5.95. The van der Waals surface area contributed by atoms with Crippen molar-refractivity contribution in [2.45, 2.75) is 65.3 Å². The number of anilines is 1. The number of nitrogens with zero attached hydrogens (tertiary/aromatic N) is 2. The largest absolute Gasteiger partial charge is 0.496 e. The Morgan fingerprint density at radius 2 is 1.90 bits per heavy atom. The number of carbonyl (C=O) groups is 2. The van der Waals surface area contributed by atoms with Crippen LogP contribution < -0.4 is 15.0 Å². The van der Waals surface area contributed by atoms with Crippen LogP contribution in [0.1, 0.15) is 68.4 Å². The Labute approximate surface area is 238 Å². The predicted octanol–water partition coefficient (Wildman–Crippen LogP) is 7.10. The summed E-state index contributed by atoms with van der Waals surface area (Å²) in [7, 11) is 1.61. The van der Waals surface area contributed by atoms with Gasteiger partial charge in [0.05, 0.1) is 18.7 Å². The van der Waals surface area contributed by atoms with Gasteiger partial charge in [-0.3, -0.25) is 9.80 Å². The summed E-state index contributed by atoms with van der Waals surface area (Å²) in [5.41, 5.74) is 3.76. The third kappa shape index (κ3) is 5.74. The summed E-state index contributed by atoms with van der Waals surface area (Å²) in [6, 6.07) is 8.88. The Morgan fingerprint density at radius 3 is 2.56 bits per heavy atom. The number of carbonyl (C=O) groups excluding carboxylic acids is 2. The molecule has 0 aromatic heterocycles. The fourth-order valence-electron chi connectivity index (χ4n) is 6.21. The SMILES string of the molecule is COc1ccc(N2CCNC2=O)cc1C1=C(CN2C(=O)O[C@H](c3cc(C)cc(C(F)(F)F)c3)[C@@H]2C)CC(C)(C)CC1. The Bertz CT molecular complexity index is 1400. The summed E-state index contributed by atoms with van der Waals surface area (Å²) in [5, 5.41) is 2.83. The number of cyclic esters (lactones) is 1. The van der Waals surface area contributed by atoms with Crippen LogP contribution >= 0.6 is 0 Å². The molecule has 1 N–H and O–H groups in total. The topological polar surface area (TPSA) is 71.1 Å². The second-order valence-electron chi connectivity index (χ2n) is 12.0. The molecule has 1 aliphatic carbocycles. The van der Waals surface area contributed by atoms with Crippen LogP contribution in [-0.4, -0.2) is 49.8 Å². The molecule has 2 aromatic rings. The molecule has 2 saturated heterocycles. The van der Waals surface area contributed by atoms with E-state index in [-0.39, 0.29) is 18.0 Å². The molecule has 2 heterocycles. The van der Waals surface area contributed by atoms with Gasteiger partial charge in [0.2, 0.25) is 0 Å². The van der Waals surface area contributed by atoms with E-state index in [1.54, 1.807) is 29.9 Å². The summed E-state index contributed by atoms with van der Waals surface area (Å²) in [6.07, 6.45) is -3.47. The molecule has 3 amide bonds. The van der Waals surface area contributed by atoms with Gasteiger partial charge in [0.1, 0.15) is 11.9 Å². The number of alkyl halides is 3. The van der Waals surface area contributed by atoms with Crippen molar-refractivity contribution < 1.29 is 32.2 Å². The molecule has 0 radical (unpaired) electrons. The average Bonchev–Trinajstić information content (AvgIpc) is 3.45. The Balaban J connectivity index is 1.51. The van der Waals surface area contributed by atoms with Gasteiger partial charge in [0.25, 0.3) is 0 Å². The van der Waals surface area contributed by atoms with Crippen LogP contribution in [0, 0.1) is 12.3 Å². The van der Waals surface area contributed by atoms with Gasteiger partial charge < -0.3 is 14.8 Å². The average molecular weight is 572 g/mol. The zero-order valence-corrected chi connectivity index (χ0v) is 24.0. The standard InChI is InChI=1S/C31H36F3N3O4/c1-18-12-20(14-22(13-18)31(32,33)34)27-19(2)37(29(39)41-27)17-21-16-30(3,4)9-8-24(21)25-15-23(6-7-26(25)40-5)36-11-10-35-28(36)38/h6-7,12-15,19,27H,8-11,16-17H2,1-5H3,(H,35,38)/t19-,27-/m0/s1. The van der Waals surface area contributed by atoms with Gasteiger partial charge in [0.15, 0.2) is 0 Å². The van der Waals surface area contributed by atoms with Crippen molar-refractivity contribution in [3.8, 4) is 5.75 Å². The quantitative estimate of drug-likeness (QED) is 0.402. The number of methoxy groups -OCH3 is 1. The van der Waals surface area contributed by atoms with Crippen molar-refractivity contribution in [1.29, 1.82) is 0 Å². The first-order chi connectivity index (χ1) is 19.3. The number of amides is 3. The van der Waals surface area contributed by atoms with Gasteiger partial charge >= 0.3 is 18.3 Å². The summed E-state index contributed by atoms with van der Waals surface area (Å²) in [6.45, 7) is 9.21. The number of benzene rings is 2. The highest BCUT2D eigenvalue weighted by Crippen LogP contribution is 2.46. The molecule has 0 spiro atoms. The maximum absolute atomic E-state index is 13.5. The summed E-state index contributed by atoms with van der Waals surface area (Å²) >= 11 is 0. The first-order valence-corrected chi connectivity index (χ1v) is 13.9. The highest BCUT2D eigenvalue weighted by Gasteiger charge is 2.42. The monoisotopic (exact) mass is 571 g/mol. The lowest BCUT2D eigenvalue weighted by Gasteiger charge is -2.36. The minimum Gasteiger partial charge on any atom is -0.496 e. The fraction of sp³-hybridized carbons (Fsp3) is 0.484. The smallest absolute Gasteiger partial charge is 0.416 e. The van der Waals surface area contributed by atoms with Crippen molar-refractivity contribution in [2.24, 2.45) is 5.41 Å².